The van der Waals surface area contributed by atoms with Gasteiger partial charge in [0.25, 0.3) is 17.6 Å². The Labute approximate surface area is 186 Å². The molecule has 1 aromatic carbocycles. The number of rotatable bonds is 7. The summed E-state index contributed by atoms with van der Waals surface area (Å²) in [6.07, 6.45) is 2.16. The number of halogens is 2. The SMILES string of the molecule is CCC(C)(C)CNC(=O)C(=O)c1c(Cl)c(C(=O)Nc2ccc(F)c(C)c2)c2n1CCC2. The third kappa shape index (κ3) is 4.66. The second-order valence-electron chi connectivity index (χ2n) is 8.69. The highest BCUT2D eigenvalue weighted by Gasteiger charge is 2.34. The predicted molar refractivity (Wildman–Crippen MR) is 118 cm³/mol. The van der Waals surface area contributed by atoms with E-state index in [9.17, 15) is 18.8 Å². The van der Waals surface area contributed by atoms with Crippen LogP contribution in [0.15, 0.2) is 18.2 Å². The minimum absolute atomic E-state index is 0.0269. The first kappa shape index (κ1) is 23.0. The molecule has 2 N–H and O–H groups in total. The summed E-state index contributed by atoms with van der Waals surface area (Å²) in [5.74, 6) is -2.35. The van der Waals surface area contributed by atoms with Crippen molar-refractivity contribution in [2.24, 2.45) is 5.41 Å². The van der Waals surface area contributed by atoms with Gasteiger partial charge >= 0.3 is 0 Å². The fourth-order valence-electron chi connectivity index (χ4n) is 3.55. The van der Waals surface area contributed by atoms with Gasteiger partial charge < -0.3 is 15.2 Å². The molecule has 1 aromatic heterocycles. The highest BCUT2D eigenvalue weighted by molar-refractivity contribution is 6.48. The van der Waals surface area contributed by atoms with Crippen molar-refractivity contribution in [3.05, 3.63) is 51.6 Å². The van der Waals surface area contributed by atoms with Gasteiger partial charge in [-0.3, -0.25) is 14.4 Å². The van der Waals surface area contributed by atoms with Gasteiger partial charge in [-0.1, -0.05) is 32.4 Å². The Balaban J connectivity index is 1.88. The molecule has 0 saturated carbocycles. The number of nitrogens with zero attached hydrogens (tertiary/aromatic N) is 1. The summed E-state index contributed by atoms with van der Waals surface area (Å²) in [5.41, 5.74) is 1.54. The monoisotopic (exact) mass is 447 g/mol. The first-order chi connectivity index (χ1) is 14.6. The first-order valence-corrected chi connectivity index (χ1v) is 10.7. The first-order valence-electron chi connectivity index (χ1n) is 10.4. The molecular formula is C23H27ClFN3O3. The minimum Gasteiger partial charge on any atom is -0.349 e. The van der Waals surface area contributed by atoms with Gasteiger partial charge in [0, 0.05) is 24.5 Å². The third-order valence-electron chi connectivity index (χ3n) is 5.86. The van der Waals surface area contributed by atoms with Crippen LogP contribution in [-0.4, -0.2) is 28.7 Å². The lowest BCUT2D eigenvalue weighted by atomic mass is 9.90. The van der Waals surface area contributed by atoms with Crippen LogP contribution >= 0.6 is 11.6 Å². The van der Waals surface area contributed by atoms with Gasteiger partial charge in [-0.05, 0) is 55.4 Å². The van der Waals surface area contributed by atoms with Gasteiger partial charge in [0.1, 0.15) is 11.5 Å². The number of carbonyl (C=O) groups is 3. The Morgan fingerprint density at radius 3 is 2.61 bits per heavy atom. The van der Waals surface area contributed by atoms with Crippen LogP contribution in [0.1, 0.15) is 65.7 Å². The molecule has 31 heavy (non-hydrogen) atoms. The van der Waals surface area contributed by atoms with Gasteiger partial charge in [-0.25, -0.2) is 4.39 Å². The van der Waals surface area contributed by atoms with Crippen molar-refractivity contribution in [2.75, 3.05) is 11.9 Å². The maximum atomic E-state index is 13.5. The van der Waals surface area contributed by atoms with E-state index in [1.54, 1.807) is 11.5 Å². The molecule has 1 aliphatic rings. The molecule has 0 aliphatic carbocycles. The van der Waals surface area contributed by atoms with Crippen molar-refractivity contribution in [1.29, 1.82) is 0 Å². The molecule has 166 valence electrons. The number of aromatic nitrogens is 1. The standard InChI is InChI=1S/C23H27ClFN3O3/c1-5-23(3,4)12-26-22(31)20(29)19-18(24)17(16-7-6-10-28(16)19)21(30)27-14-8-9-15(25)13(2)11-14/h8-9,11H,5-7,10,12H2,1-4H3,(H,26,31)(H,27,30). The van der Waals surface area contributed by atoms with Gasteiger partial charge in [0.15, 0.2) is 0 Å². The molecule has 8 heteroatoms. The minimum atomic E-state index is -0.753. The van der Waals surface area contributed by atoms with E-state index in [4.69, 9.17) is 11.6 Å². The summed E-state index contributed by atoms with van der Waals surface area (Å²) in [6, 6.07) is 4.25. The smallest absolute Gasteiger partial charge is 0.294 e. The number of nitrogens with one attached hydrogen (secondary N) is 2. The van der Waals surface area contributed by atoms with Crippen molar-refractivity contribution in [1.82, 2.24) is 9.88 Å². The van der Waals surface area contributed by atoms with Crippen LogP contribution in [0.3, 0.4) is 0 Å². The molecule has 3 rings (SSSR count). The number of hydrogen-bond donors (Lipinski definition) is 2. The number of aryl methyl sites for hydroxylation is 1. The summed E-state index contributed by atoms with van der Waals surface area (Å²) in [4.78, 5) is 38.4. The molecule has 0 radical (unpaired) electrons. The molecule has 0 bridgehead atoms. The molecule has 0 unspecified atom stereocenters. The maximum Gasteiger partial charge on any atom is 0.294 e. The van der Waals surface area contributed by atoms with E-state index >= 15 is 0 Å². The third-order valence-corrected chi connectivity index (χ3v) is 6.22. The van der Waals surface area contributed by atoms with E-state index < -0.39 is 17.6 Å². The molecular weight excluding hydrogens is 421 g/mol. The van der Waals surface area contributed by atoms with Crippen LogP contribution in [0.25, 0.3) is 0 Å². The summed E-state index contributed by atoms with van der Waals surface area (Å²) in [7, 11) is 0. The Bertz CT molecular complexity index is 1060. The number of benzene rings is 1. The zero-order valence-corrected chi connectivity index (χ0v) is 19.0. The van der Waals surface area contributed by atoms with Crippen LogP contribution < -0.4 is 10.6 Å². The average Bonchev–Trinajstić information content (AvgIpc) is 3.27. The van der Waals surface area contributed by atoms with Crippen LogP contribution in [0.2, 0.25) is 5.02 Å². The molecule has 1 aliphatic heterocycles. The molecule has 2 aromatic rings. The van der Waals surface area contributed by atoms with Crippen LogP contribution in [0.5, 0.6) is 0 Å². The Hall–Kier alpha value is -2.67. The molecule has 0 fully saturated rings. The largest absolute Gasteiger partial charge is 0.349 e. The maximum absolute atomic E-state index is 13.5. The number of carbonyl (C=O) groups excluding carboxylic acids is 3. The lowest BCUT2D eigenvalue weighted by molar-refractivity contribution is -0.117. The number of anilines is 1. The van der Waals surface area contributed by atoms with E-state index in [0.29, 0.717) is 36.5 Å². The Kier molecular flexibility index (Phi) is 6.55. The van der Waals surface area contributed by atoms with Crippen LogP contribution in [0.4, 0.5) is 10.1 Å². The summed E-state index contributed by atoms with van der Waals surface area (Å²) < 4.78 is 15.2. The van der Waals surface area contributed by atoms with Crippen molar-refractivity contribution in [2.45, 2.75) is 53.5 Å². The van der Waals surface area contributed by atoms with Gasteiger partial charge in [-0.15, -0.1) is 0 Å². The number of hydrogen-bond acceptors (Lipinski definition) is 3. The Morgan fingerprint density at radius 1 is 1.26 bits per heavy atom. The van der Waals surface area contributed by atoms with Crippen LogP contribution in [-0.2, 0) is 17.8 Å². The molecule has 0 spiro atoms. The zero-order valence-electron chi connectivity index (χ0n) is 18.2. The van der Waals surface area contributed by atoms with Crippen molar-refractivity contribution < 1.29 is 18.8 Å². The lowest BCUT2D eigenvalue weighted by Crippen LogP contribution is -2.38. The quantitative estimate of drug-likeness (QED) is 0.483. The molecule has 0 atom stereocenters. The molecule has 0 saturated heterocycles. The number of ketones is 1. The van der Waals surface area contributed by atoms with Crippen LogP contribution in [0, 0.1) is 18.2 Å². The van der Waals surface area contributed by atoms with E-state index in [1.165, 1.54) is 18.2 Å². The highest BCUT2D eigenvalue weighted by atomic mass is 35.5. The zero-order chi connectivity index (χ0) is 22.9. The molecule has 6 nitrogen and oxygen atoms in total. The normalized spacial score (nSPS) is 13.1. The molecule has 2 amide bonds. The van der Waals surface area contributed by atoms with Crippen molar-refractivity contribution in [3.8, 4) is 0 Å². The summed E-state index contributed by atoms with van der Waals surface area (Å²) in [5, 5.41) is 5.37. The second-order valence-corrected chi connectivity index (χ2v) is 9.07. The van der Waals surface area contributed by atoms with Gasteiger partial charge in [-0.2, -0.15) is 0 Å². The summed E-state index contributed by atoms with van der Waals surface area (Å²) in [6.45, 7) is 8.48. The number of fused-ring (bicyclic) bond motifs is 1. The second kappa shape index (κ2) is 8.83. The van der Waals surface area contributed by atoms with E-state index in [2.05, 4.69) is 10.6 Å². The van der Waals surface area contributed by atoms with E-state index in [-0.39, 0.29) is 27.5 Å². The fraction of sp³-hybridized carbons (Fsp3) is 0.435. The lowest BCUT2D eigenvalue weighted by Gasteiger charge is -2.22. The number of Topliss-reactive ketones (excluding diaryl/α,β-unsaturated/α-hetero) is 1. The fourth-order valence-corrected chi connectivity index (χ4v) is 3.93. The number of amides is 2. The van der Waals surface area contributed by atoms with Crippen molar-refractivity contribution >= 4 is 34.9 Å². The van der Waals surface area contributed by atoms with Gasteiger partial charge in [0.05, 0.1) is 10.6 Å². The highest BCUT2D eigenvalue weighted by Crippen LogP contribution is 2.34. The van der Waals surface area contributed by atoms with Crippen molar-refractivity contribution in [3.63, 3.8) is 0 Å². The van der Waals surface area contributed by atoms with E-state index in [1.807, 2.05) is 20.8 Å². The van der Waals surface area contributed by atoms with E-state index in [0.717, 1.165) is 12.8 Å². The Morgan fingerprint density at radius 2 is 1.97 bits per heavy atom. The molecule has 2 heterocycles. The predicted octanol–water partition coefficient (Wildman–Crippen LogP) is 4.52. The topological polar surface area (TPSA) is 80.2 Å². The average molecular weight is 448 g/mol. The van der Waals surface area contributed by atoms with Gasteiger partial charge in [0.2, 0.25) is 0 Å². The summed E-state index contributed by atoms with van der Waals surface area (Å²) >= 11 is 6.48.